The highest BCUT2D eigenvalue weighted by molar-refractivity contribution is 7.98. The molecule has 6 nitrogen and oxygen atoms in total. The number of nitrogens with zero attached hydrogens (tertiary/aromatic N) is 6. The molecule has 1 aromatic carbocycles. The average molecular weight is 381 g/mol. The first kappa shape index (κ1) is 15.8. The third-order valence-corrected chi connectivity index (χ3v) is 6.04. The maximum absolute atomic E-state index is 4.57. The van der Waals surface area contributed by atoms with Crippen molar-refractivity contribution in [1.82, 2.24) is 29.8 Å². The number of aromatic nitrogens is 6. The SMILES string of the molecule is c1ccc(-n2ncc(CSc3nnc(-c4cccs4)n3C3CC3)n2)cc1. The van der Waals surface area contributed by atoms with Gasteiger partial charge in [-0.25, -0.2) is 0 Å². The number of para-hydroxylation sites is 1. The van der Waals surface area contributed by atoms with Gasteiger partial charge in [-0.2, -0.15) is 15.0 Å². The van der Waals surface area contributed by atoms with Crippen molar-refractivity contribution in [3.8, 4) is 16.4 Å². The van der Waals surface area contributed by atoms with Gasteiger partial charge in [0.2, 0.25) is 0 Å². The van der Waals surface area contributed by atoms with E-state index < -0.39 is 0 Å². The van der Waals surface area contributed by atoms with Gasteiger partial charge in [-0.05, 0) is 36.4 Å². The summed E-state index contributed by atoms with van der Waals surface area (Å²) in [6, 6.07) is 14.6. The number of thioether (sulfide) groups is 1. The van der Waals surface area contributed by atoms with Crippen LogP contribution in [0.1, 0.15) is 24.6 Å². The van der Waals surface area contributed by atoms with E-state index >= 15 is 0 Å². The third kappa shape index (κ3) is 3.06. The Morgan fingerprint density at radius 3 is 2.73 bits per heavy atom. The van der Waals surface area contributed by atoms with Crippen LogP contribution in [0.15, 0.2) is 59.2 Å². The summed E-state index contributed by atoms with van der Waals surface area (Å²) in [5, 5.41) is 20.9. The number of rotatable bonds is 6. The van der Waals surface area contributed by atoms with Gasteiger partial charge in [-0.15, -0.1) is 21.5 Å². The summed E-state index contributed by atoms with van der Waals surface area (Å²) in [6.45, 7) is 0. The van der Waals surface area contributed by atoms with Crippen LogP contribution < -0.4 is 0 Å². The summed E-state index contributed by atoms with van der Waals surface area (Å²) < 4.78 is 2.29. The average Bonchev–Trinajstić information content (AvgIpc) is 3.10. The lowest BCUT2D eigenvalue weighted by molar-refractivity contribution is 0.669. The molecule has 1 saturated carbocycles. The molecule has 4 aromatic rings. The second-order valence-electron chi connectivity index (χ2n) is 6.13. The highest BCUT2D eigenvalue weighted by atomic mass is 32.2. The van der Waals surface area contributed by atoms with Crippen LogP contribution in [0.2, 0.25) is 0 Å². The molecule has 0 unspecified atom stereocenters. The molecule has 0 radical (unpaired) electrons. The Labute approximate surface area is 158 Å². The Morgan fingerprint density at radius 2 is 1.96 bits per heavy atom. The molecule has 8 heteroatoms. The molecule has 3 aromatic heterocycles. The van der Waals surface area contributed by atoms with Gasteiger partial charge in [0, 0.05) is 11.8 Å². The van der Waals surface area contributed by atoms with Crippen molar-refractivity contribution in [2.24, 2.45) is 0 Å². The summed E-state index contributed by atoms with van der Waals surface area (Å²) in [4.78, 5) is 2.84. The lowest BCUT2D eigenvalue weighted by Gasteiger charge is -2.06. The van der Waals surface area contributed by atoms with E-state index in [2.05, 4.69) is 42.5 Å². The topological polar surface area (TPSA) is 61.4 Å². The smallest absolute Gasteiger partial charge is 0.192 e. The monoisotopic (exact) mass is 380 g/mol. The molecule has 0 amide bonds. The van der Waals surface area contributed by atoms with Gasteiger partial charge in [0.1, 0.15) is 0 Å². The molecular formula is C18H16N6S2. The molecule has 1 fully saturated rings. The first-order valence-corrected chi connectivity index (χ1v) is 10.3. The summed E-state index contributed by atoms with van der Waals surface area (Å²) in [7, 11) is 0. The van der Waals surface area contributed by atoms with E-state index in [9.17, 15) is 0 Å². The Bertz CT molecular complexity index is 1000. The maximum atomic E-state index is 4.57. The van der Waals surface area contributed by atoms with Gasteiger partial charge < -0.3 is 0 Å². The number of thiophene rings is 1. The van der Waals surface area contributed by atoms with Crippen molar-refractivity contribution < 1.29 is 0 Å². The normalized spacial score (nSPS) is 14.0. The number of benzene rings is 1. The summed E-state index contributed by atoms with van der Waals surface area (Å²) in [6.07, 6.45) is 4.22. The van der Waals surface area contributed by atoms with Crippen LogP contribution in [0.3, 0.4) is 0 Å². The van der Waals surface area contributed by atoms with E-state index in [0.717, 1.165) is 28.1 Å². The van der Waals surface area contributed by atoms with Gasteiger partial charge >= 0.3 is 0 Å². The van der Waals surface area contributed by atoms with Crippen molar-refractivity contribution >= 4 is 23.1 Å². The fourth-order valence-electron chi connectivity index (χ4n) is 2.80. The summed E-state index contributed by atoms with van der Waals surface area (Å²) in [5.74, 6) is 1.71. The van der Waals surface area contributed by atoms with E-state index in [-0.39, 0.29) is 0 Å². The van der Waals surface area contributed by atoms with E-state index in [1.165, 1.54) is 17.7 Å². The largest absolute Gasteiger partial charge is 0.298 e. The van der Waals surface area contributed by atoms with Crippen molar-refractivity contribution in [3.63, 3.8) is 0 Å². The van der Waals surface area contributed by atoms with Crippen molar-refractivity contribution in [3.05, 3.63) is 59.7 Å². The lowest BCUT2D eigenvalue weighted by atomic mass is 10.3. The highest BCUT2D eigenvalue weighted by Gasteiger charge is 2.30. The first-order valence-electron chi connectivity index (χ1n) is 8.47. The Kier molecular flexibility index (Phi) is 4.06. The van der Waals surface area contributed by atoms with Crippen LogP contribution in [-0.4, -0.2) is 29.8 Å². The van der Waals surface area contributed by atoms with Gasteiger partial charge in [0.25, 0.3) is 0 Å². The van der Waals surface area contributed by atoms with Crippen molar-refractivity contribution in [2.45, 2.75) is 29.8 Å². The number of hydrogen-bond donors (Lipinski definition) is 0. The van der Waals surface area contributed by atoms with E-state index in [4.69, 9.17) is 0 Å². The van der Waals surface area contributed by atoms with Gasteiger partial charge in [0.15, 0.2) is 11.0 Å². The van der Waals surface area contributed by atoms with Crippen LogP contribution in [0, 0.1) is 0 Å². The Morgan fingerprint density at radius 1 is 1.08 bits per heavy atom. The molecule has 130 valence electrons. The maximum Gasteiger partial charge on any atom is 0.192 e. The fraction of sp³-hybridized carbons (Fsp3) is 0.222. The van der Waals surface area contributed by atoms with Gasteiger partial charge in [0.05, 0.1) is 22.5 Å². The standard InChI is InChI=1S/C18H16N6S2/c1-2-5-15(6-3-1)24-19-11-13(22-24)12-26-18-21-20-17(16-7-4-10-25-16)23(18)14-8-9-14/h1-7,10-11,14H,8-9,12H2. The lowest BCUT2D eigenvalue weighted by Crippen LogP contribution is -2.00. The van der Waals surface area contributed by atoms with Gasteiger partial charge in [-0.1, -0.05) is 36.0 Å². The minimum absolute atomic E-state index is 0.532. The molecule has 0 aliphatic heterocycles. The van der Waals surface area contributed by atoms with Crippen LogP contribution in [-0.2, 0) is 5.75 Å². The van der Waals surface area contributed by atoms with Crippen molar-refractivity contribution in [2.75, 3.05) is 0 Å². The Hall–Kier alpha value is -2.45. The predicted octanol–water partition coefficient (Wildman–Crippen LogP) is 4.21. The van der Waals surface area contributed by atoms with E-state index in [1.54, 1.807) is 27.9 Å². The van der Waals surface area contributed by atoms with E-state index in [1.807, 2.05) is 36.5 Å². The second kappa shape index (κ2) is 6.69. The van der Waals surface area contributed by atoms with Crippen LogP contribution >= 0.6 is 23.1 Å². The molecular weight excluding hydrogens is 364 g/mol. The molecule has 0 atom stereocenters. The van der Waals surface area contributed by atoms with Crippen molar-refractivity contribution in [1.29, 1.82) is 0 Å². The van der Waals surface area contributed by atoms with Crippen LogP contribution in [0.25, 0.3) is 16.4 Å². The molecule has 0 spiro atoms. The van der Waals surface area contributed by atoms with Crippen LogP contribution in [0.5, 0.6) is 0 Å². The van der Waals surface area contributed by atoms with Gasteiger partial charge in [-0.3, -0.25) is 4.57 Å². The zero-order valence-corrected chi connectivity index (χ0v) is 15.5. The summed E-state index contributed by atoms with van der Waals surface area (Å²) in [5.41, 5.74) is 1.90. The highest BCUT2D eigenvalue weighted by Crippen LogP contribution is 2.42. The molecule has 5 rings (SSSR count). The molecule has 0 N–H and O–H groups in total. The summed E-state index contributed by atoms with van der Waals surface area (Å²) >= 11 is 3.38. The second-order valence-corrected chi connectivity index (χ2v) is 8.02. The molecule has 1 aliphatic carbocycles. The zero-order valence-electron chi connectivity index (χ0n) is 13.9. The predicted molar refractivity (Wildman–Crippen MR) is 103 cm³/mol. The Balaban J connectivity index is 1.36. The molecule has 1 aliphatic rings. The molecule has 3 heterocycles. The zero-order chi connectivity index (χ0) is 17.3. The molecule has 0 bridgehead atoms. The molecule has 0 saturated heterocycles. The van der Waals surface area contributed by atoms with E-state index in [0.29, 0.717) is 6.04 Å². The number of hydrogen-bond acceptors (Lipinski definition) is 6. The minimum Gasteiger partial charge on any atom is -0.298 e. The first-order chi connectivity index (χ1) is 12.9. The minimum atomic E-state index is 0.532. The molecule has 26 heavy (non-hydrogen) atoms. The quantitative estimate of drug-likeness (QED) is 0.469. The fourth-order valence-corrected chi connectivity index (χ4v) is 4.38. The third-order valence-electron chi connectivity index (χ3n) is 4.19. The van der Waals surface area contributed by atoms with Crippen LogP contribution in [0.4, 0.5) is 0 Å².